The maximum atomic E-state index is 11.0. The maximum absolute atomic E-state index is 11.0. The highest BCUT2D eigenvalue weighted by Gasteiger charge is 2.44. The molecule has 0 aliphatic heterocycles. The van der Waals surface area contributed by atoms with Crippen LogP contribution in [0.5, 0.6) is 0 Å². The van der Waals surface area contributed by atoms with Crippen LogP contribution in [0.25, 0.3) is 0 Å². The summed E-state index contributed by atoms with van der Waals surface area (Å²) < 4.78 is 0. The number of hydrogen-bond donors (Lipinski definition) is 1. The summed E-state index contributed by atoms with van der Waals surface area (Å²) in [7, 11) is 0. The van der Waals surface area contributed by atoms with Gasteiger partial charge in [0.1, 0.15) is 0 Å². The van der Waals surface area contributed by atoms with Gasteiger partial charge in [-0.25, -0.2) is 4.79 Å². The van der Waals surface area contributed by atoms with E-state index >= 15 is 0 Å². The van der Waals surface area contributed by atoms with Crippen molar-refractivity contribution in [3.05, 3.63) is 22.3 Å². The Morgan fingerprint density at radius 2 is 1.93 bits per heavy atom. The second-order valence-corrected chi connectivity index (χ2v) is 4.13. The number of carboxylic acid groups (broad SMARTS) is 1. The van der Waals surface area contributed by atoms with Crippen molar-refractivity contribution in [2.75, 3.05) is 0 Å². The van der Waals surface area contributed by atoms with E-state index in [0.717, 1.165) is 19.3 Å². The van der Waals surface area contributed by atoms with E-state index in [-0.39, 0.29) is 16.9 Å². The van der Waals surface area contributed by atoms with E-state index in [4.69, 9.17) is 5.11 Å². The highest BCUT2D eigenvalue weighted by atomic mass is 16.6. The average Bonchev–Trinajstić information content (AvgIpc) is 2.18. The van der Waals surface area contributed by atoms with Crippen LogP contribution in [-0.4, -0.2) is 21.5 Å². The molecule has 15 heavy (non-hydrogen) atoms. The first-order chi connectivity index (χ1) is 6.98. The molecule has 0 bridgehead atoms. The summed E-state index contributed by atoms with van der Waals surface area (Å²) in [6.45, 7) is 3.37. The Kier molecular flexibility index (Phi) is 3.44. The Balaban J connectivity index is 2.77. The van der Waals surface area contributed by atoms with Crippen molar-refractivity contribution in [1.29, 1.82) is 0 Å². The van der Waals surface area contributed by atoms with Crippen LogP contribution < -0.4 is 0 Å². The van der Waals surface area contributed by atoms with Crippen LogP contribution in [0.3, 0.4) is 0 Å². The van der Waals surface area contributed by atoms with Gasteiger partial charge in [-0.1, -0.05) is 13.0 Å². The third kappa shape index (κ3) is 2.55. The van der Waals surface area contributed by atoms with Crippen molar-refractivity contribution >= 4 is 5.97 Å². The predicted octanol–water partition coefficient (Wildman–Crippen LogP) is 2.00. The molecule has 5 heteroatoms. The second kappa shape index (κ2) is 4.42. The van der Waals surface area contributed by atoms with Crippen molar-refractivity contribution in [3.63, 3.8) is 0 Å². The van der Waals surface area contributed by atoms with Crippen LogP contribution >= 0.6 is 0 Å². The molecule has 1 saturated carbocycles. The van der Waals surface area contributed by atoms with Crippen molar-refractivity contribution < 1.29 is 14.8 Å². The summed E-state index contributed by atoms with van der Waals surface area (Å²) in [5, 5.41) is 19.7. The molecule has 0 amide bonds. The lowest BCUT2D eigenvalue weighted by Crippen LogP contribution is -2.41. The Morgan fingerprint density at radius 3 is 2.33 bits per heavy atom. The molecule has 1 aliphatic carbocycles. The Bertz CT molecular complexity index is 292. The summed E-state index contributed by atoms with van der Waals surface area (Å²) >= 11 is 0. The van der Waals surface area contributed by atoms with E-state index in [2.05, 4.69) is 6.58 Å². The van der Waals surface area contributed by atoms with Gasteiger partial charge in [-0.15, -0.1) is 0 Å². The first-order valence-electron chi connectivity index (χ1n) is 5.03. The van der Waals surface area contributed by atoms with Crippen molar-refractivity contribution in [3.8, 4) is 0 Å². The lowest BCUT2D eigenvalue weighted by molar-refractivity contribution is -0.574. The van der Waals surface area contributed by atoms with Crippen molar-refractivity contribution in [1.82, 2.24) is 0 Å². The van der Waals surface area contributed by atoms with E-state index < -0.39 is 11.5 Å². The van der Waals surface area contributed by atoms with Gasteiger partial charge in [-0.3, -0.25) is 10.1 Å². The third-order valence-electron chi connectivity index (χ3n) is 3.02. The fraction of sp³-hybridized carbons (Fsp3) is 0.700. The SMILES string of the molecule is C=C(CC1([N+](=O)[O-])CCCCC1)C(=O)O. The highest BCUT2D eigenvalue weighted by Crippen LogP contribution is 2.35. The van der Waals surface area contributed by atoms with E-state index in [1.54, 1.807) is 0 Å². The molecule has 1 N–H and O–H groups in total. The normalized spacial score (nSPS) is 19.5. The Morgan fingerprint density at radius 1 is 1.40 bits per heavy atom. The van der Waals surface area contributed by atoms with Crippen LogP contribution in [0.1, 0.15) is 38.5 Å². The number of nitrogens with zero attached hydrogens (tertiary/aromatic N) is 1. The largest absolute Gasteiger partial charge is 0.478 e. The Hall–Kier alpha value is -1.39. The summed E-state index contributed by atoms with van der Waals surface area (Å²) in [6.07, 6.45) is 3.49. The number of rotatable bonds is 4. The molecule has 0 aromatic rings. The third-order valence-corrected chi connectivity index (χ3v) is 3.02. The van der Waals surface area contributed by atoms with Crippen LogP contribution in [0.15, 0.2) is 12.2 Å². The highest BCUT2D eigenvalue weighted by molar-refractivity contribution is 5.85. The number of carboxylic acids is 1. The molecule has 1 fully saturated rings. The molecule has 5 nitrogen and oxygen atoms in total. The minimum atomic E-state index is -1.14. The van der Waals surface area contributed by atoms with Gasteiger partial charge >= 0.3 is 5.97 Å². The zero-order valence-corrected chi connectivity index (χ0v) is 8.57. The zero-order chi connectivity index (χ0) is 11.5. The minimum Gasteiger partial charge on any atom is -0.478 e. The van der Waals surface area contributed by atoms with Crippen LogP contribution in [0, 0.1) is 10.1 Å². The molecule has 1 rings (SSSR count). The van der Waals surface area contributed by atoms with Gasteiger partial charge in [0.15, 0.2) is 0 Å². The molecule has 0 unspecified atom stereocenters. The predicted molar refractivity (Wildman–Crippen MR) is 54.2 cm³/mol. The number of carbonyl (C=O) groups is 1. The standard InChI is InChI=1S/C10H15NO4/c1-8(9(12)13)7-10(11(14)15)5-3-2-4-6-10/h1-7H2,(H,12,13). The van der Waals surface area contributed by atoms with Crippen LogP contribution in [0.2, 0.25) is 0 Å². The molecule has 0 saturated heterocycles. The maximum Gasteiger partial charge on any atom is 0.331 e. The molecule has 0 radical (unpaired) electrons. The summed E-state index contributed by atoms with van der Waals surface area (Å²) in [4.78, 5) is 21.3. The molecule has 84 valence electrons. The van der Waals surface area contributed by atoms with Crippen LogP contribution in [0.4, 0.5) is 0 Å². The lowest BCUT2D eigenvalue weighted by atomic mass is 9.78. The fourth-order valence-electron chi connectivity index (χ4n) is 2.11. The lowest BCUT2D eigenvalue weighted by Gasteiger charge is -2.28. The van der Waals surface area contributed by atoms with Gasteiger partial charge in [-0.05, 0) is 12.8 Å². The van der Waals surface area contributed by atoms with E-state index in [1.807, 2.05) is 0 Å². The molecule has 0 spiro atoms. The van der Waals surface area contributed by atoms with E-state index in [9.17, 15) is 14.9 Å². The topological polar surface area (TPSA) is 80.4 Å². The smallest absolute Gasteiger partial charge is 0.331 e. The van der Waals surface area contributed by atoms with Crippen LogP contribution in [-0.2, 0) is 4.79 Å². The molecule has 0 aromatic heterocycles. The zero-order valence-electron chi connectivity index (χ0n) is 8.57. The molecular weight excluding hydrogens is 198 g/mol. The van der Waals surface area contributed by atoms with Gasteiger partial charge in [0.05, 0.1) is 0 Å². The number of nitro groups is 1. The number of hydrogen-bond acceptors (Lipinski definition) is 3. The van der Waals surface area contributed by atoms with Gasteiger partial charge < -0.3 is 5.11 Å². The first kappa shape index (κ1) is 11.7. The van der Waals surface area contributed by atoms with E-state index in [1.165, 1.54) is 0 Å². The monoisotopic (exact) mass is 213 g/mol. The molecule has 0 aromatic carbocycles. The minimum absolute atomic E-state index is 0.0324. The van der Waals surface area contributed by atoms with Crippen molar-refractivity contribution in [2.24, 2.45) is 0 Å². The second-order valence-electron chi connectivity index (χ2n) is 4.13. The summed E-state index contributed by atoms with van der Waals surface area (Å²) in [5.41, 5.74) is -1.14. The first-order valence-corrected chi connectivity index (χ1v) is 5.03. The number of aliphatic carboxylic acids is 1. The van der Waals surface area contributed by atoms with Gasteiger partial charge in [-0.2, -0.15) is 0 Å². The van der Waals surface area contributed by atoms with Crippen molar-refractivity contribution in [2.45, 2.75) is 44.1 Å². The quantitative estimate of drug-likeness (QED) is 0.440. The molecule has 0 atom stereocenters. The Labute approximate surface area is 87.9 Å². The summed E-state index contributed by atoms with van der Waals surface area (Å²) in [6, 6.07) is 0. The summed E-state index contributed by atoms with van der Waals surface area (Å²) in [5.74, 6) is -1.14. The molecule has 0 heterocycles. The van der Waals surface area contributed by atoms with Gasteiger partial charge in [0.25, 0.3) is 0 Å². The van der Waals surface area contributed by atoms with E-state index in [0.29, 0.717) is 12.8 Å². The molecular formula is C10H15NO4. The van der Waals surface area contributed by atoms with Gasteiger partial charge in [0, 0.05) is 29.8 Å². The fourth-order valence-corrected chi connectivity index (χ4v) is 2.11. The molecule has 1 aliphatic rings. The average molecular weight is 213 g/mol. The van der Waals surface area contributed by atoms with Gasteiger partial charge in [0.2, 0.25) is 5.54 Å².